The van der Waals surface area contributed by atoms with Gasteiger partial charge in [0, 0.05) is 28.6 Å². The summed E-state index contributed by atoms with van der Waals surface area (Å²) in [4.78, 5) is 14.2. The number of hydrogen-bond acceptors (Lipinski definition) is 4. The molecule has 4 N–H and O–H groups in total. The minimum absolute atomic E-state index is 0.0560. The van der Waals surface area contributed by atoms with Crippen LogP contribution in [0.25, 0.3) is 10.9 Å². The molecule has 0 aliphatic heterocycles. The standard InChI is InChI=1S/C22H19ClF4N2O3/c1-9-10(2)21(32,22(25,26)27)20(12-8-13(23)18(24)19(31)17(9)12)29-15-5-3-4-14-11(15)6-7-16(30)28-14/h3-10,20,29,31-32H,1-2H3,(H,28,30). The molecule has 0 radical (unpaired) electrons. The van der Waals surface area contributed by atoms with E-state index in [0.717, 1.165) is 6.07 Å². The van der Waals surface area contributed by atoms with Gasteiger partial charge in [-0.15, -0.1) is 0 Å². The van der Waals surface area contributed by atoms with Gasteiger partial charge >= 0.3 is 6.18 Å². The molecule has 4 rings (SSSR count). The Balaban J connectivity index is 2.00. The maximum absolute atomic E-state index is 14.3. The number of phenols is 1. The van der Waals surface area contributed by atoms with E-state index in [1.165, 1.54) is 38.1 Å². The monoisotopic (exact) mass is 470 g/mol. The largest absolute Gasteiger partial charge is 0.505 e. The van der Waals surface area contributed by atoms with E-state index in [1.807, 2.05) is 0 Å². The Labute approximate surface area is 184 Å². The normalized spacial score (nSPS) is 25.6. The van der Waals surface area contributed by atoms with Crippen molar-refractivity contribution in [1.82, 2.24) is 4.98 Å². The molecule has 0 saturated heterocycles. The highest BCUT2D eigenvalue weighted by molar-refractivity contribution is 6.31. The maximum Gasteiger partial charge on any atom is 0.419 e. The Kier molecular flexibility index (Phi) is 5.17. The number of hydrogen-bond donors (Lipinski definition) is 4. The highest BCUT2D eigenvalue weighted by Crippen LogP contribution is 2.58. The van der Waals surface area contributed by atoms with Crippen molar-refractivity contribution < 1.29 is 27.8 Å². The molecule has 32 heavy (non-hydrogen) atoms. The van der Waals surface area contributed by atoms with Crippen LogP contribution in [0, 0.1) is 11.7 Å². The number of alkyl halides is 3. The molecule has 0 spiro atoms. The summed E-state index contributed by atoms with van der Waals surface area (Å²) in [5.74, 6) is -4.47. The molecular weight excluding hydrogens is 452 g/mol. The fourth-order valence-electron chi connectivity index (χ4n) is 4.57. The van der Waals surface area contributed by atoms with Crippen molar-refractivity contribution in [2.75, 3.05) is 5.32 Å². The third-order valence-corrected chi connectivity index (χ3v) is 6.71. The Bertz CT molecular complexity index is 1280. The zero-order valence-electron chi connectivity index (χ0n) is 16.9. The molecule has 1 aliphatic carbocycles. The van der Waals surface area contributed by atoms with Gasteiger partial charge in [0.1, 0.15) is 0 Å². The van der Waals surface area contributed by atoms with Crippen molar-refractivity contribution in [2.24, 2.45) is 5.92 Å². The maximum atomic E-state index is 14.3. The number of pyridine rings is 1. The molecule has 0 amide bonds. The Hall–Kier alpha value is -2.78. The second kappa shape index (κ2) is 7.38. The van der Waals surface area contributed by atoms with E-state index in [0.29, 0.717) is 10.9 Å². The fourth-order valence-corrected chi connectivity index (χ4v) is 4.78. The van der Waals surface area contributed by atoms with E-state index in [2.05, 4.69) is 10.3 Å². The van der Waals surface area contributed by atoms with Gasteiger partial charge in [0.15, 0.2) is 17.2 Å². The molecule has 4 unspecified atom stereocenters. The number of aromatic hydroxyl groups is 1. The lowest BCUT2D eigenvalue weighted by molar-refractivity contribution is -0.289. The van der Waals surface area contributed by atoms with Crippen LogP contribution in [0.1, 0.15) is 36.9 Å². The van der Waals surface area contributed by atoms with Gasteiger partial charge < -0.3 is 20.5 Å². The van der Waals surface area contributed by atoms with Gasteiger partial charge in [-0.2, -0.15) is 13.2 Å². The number of fused-ring (bicyclic) bond motifs is 2. The SMILES string of the molecule is CC1c2c(cc(Cl)c(F)c2O)C(Nc2cccc3[nH]c(=O)ccc23)C(O)(C(F)(F)F)C1C. The van der Waals surface area contributed by atoms with Crippen molar-refractivity contribution in [1.29, 1.82) is 0 Å². The van der Waals surface area contributed by atoms with Gasteiger partial charge in [0.05, 0.1) is 16.6 Å². The molecule has 1 aromatic heterocycles. The van der Waals surface area contributed by atoms with E-state index in [9.17, 15) is 32.6 Å². The number of benzene rings is 2. The molecule has 2 aromatic carbocycles. The molecule has 3 aromatic rings. The van der Waals surface area contributed by atoms with E-state index in [-0.39, 0.29) is 22.4 Å². The van der Waals surface area contributed by atoms with Crippen LogP contribution in [0.15, 0.2) is 41.2 Å². The average molecular weight is 471 g/mol. The van der Waals surface area contributed by atoms with Crippen molar-refractivity contribution >= 4 is 28.2 Å². The highest BCUT2D eigenvalue weighted by atomic mass is 35.5. The number of phenolic OH excluding ortho intramolecular Hbond substituents is 1. The molecule has 5 nitrogen and oxygen atoms in total. The zero-order valence-corrected chi connectivity index (χ0v) is 17.6. The van der Waals surface area contributed by atoms with Gasteiger partial charge in [0.25, 0.3) is 0 Å². The molecule has 170 valence electrons. The first kappa shape index (κ1) is 22.4. The number of nitrogens with one attached hydrogen (secondary N) is 2. The molecule has 0 saturated carbocycles. The predicted octanol–water partition coefficient (Wildman–Crippen LogP) is 5.23. The first-order valence-electron chi connectivity index (χ1n) is 9.76. The minimum atomic E-state index is -5.08. The average Bonchev–Trinajstić information content (AvgIpc) is 2.72. The van der Waals surface area contributed by atoms with Crippen LogP contribution in [0.5, 0.6) is 5.75 Å². The summed E-state index contributed by atoms with van der Waals surface area (Å²) in [7, 11) is 0. The van der Waals surface area contributed by atoms with E-state index in [4.69, 9.17) is 11.6 Å². The van der Waals surface area contributed by atoms with Crippen LogP contribution < -0.4 is 10.9 Å². The topological polar surface area (TPSA) is 85.4 Å². The van der Waals surface area contributed by atoms with Crippen LogP contribution in [0.3, 0.4) is 0 Å². The summed E-state index contributed by atoms with van der Waals surface area (Å²) < 4.78 is 57.3. The summed E-state index contributed by atoms with van der Waals surface area (Å²) in [5.41, 5.74) is -3.33. The van der Waals surface area contributed by atoms with Crippen LogP contribution >= 0.6 is 11.6 Å². The van der Waals surface area contributed by atoms with E-state index < -0.39 is 46.2 Å². The fraction of sp³-hybridized carbons (Fsp3) is 0.318. The van der Waals surface area contributed by atoms with Gasteiger partial charge in [-0.05, 0) is 35.7 Å². The molecule has 0 fully saturated rings. The van der Waals surface area contributed by atoms with E-state index in [1.54, 1.807) is 6.07 Å². The van der Waals surface area contributed by atoms with Crippen LogP contribution in [0.2, 0.25) is 5.02 Å². The van der Waals surface area contributed by atoms with Gasteiger partial charge in [-0.25, -0.2) is 4.39 Å². The Morgan fingerprint density at radius 1 is 1.19 bits per heavy atom. The highest BCUT2D eigenvalue weighted by Gasteiger charge is 2.66. The van der Waals surface area contributed by atoms with Crippen molar-refractivity contribution in [2.45, 2.75) is 37.6 Å². The lowest BCUT2D eigenvalue weighted by atomic mass is 9.64. The number of rotatable bonds is 2. The molecule has 1 heterocycles. The first-order chi connectivity index (χ1) is 14.9. The molecule has 10 heteroatoms. The Morgan fingerprint density at radius 2 is 1.88 bits per heavy atom. The lowest BCUT2D eigenvalue weighted by Crippen LogP contribution is -2.60. The molecular formula is C22H19ClF4N2O3. The first-order valence-corrected chi connectivity index (χ1v) is 10.1. The minimum Gasteiger partial charge on any atom is -0.505 e. The number of aliphatic hydroxyl groups is 1. The summed E-state index contributed by atoms with van der Waals surface area (Å²) in [6.45, 7) is 2.58. The van der Waals surface area contributed by atoms with E-state index >= 15 is 0 Å². The van der Waals surface area contributed by atoms with Gasteiger partial charge in [0.2, 0.25) is 5.56 Å². The van der Waals surface area contributed by atoms with Crippen LogP contribution in [0.4, 0.5) is 23.2 Å². The third-order valence-electron chi connectivity index (χ3n) is 6.44. The zero-order chi connectivity index (χ0) is 23.6. The molecule has 1 aliphatic rings. The quantitative estimate of drug-likeness (QED) is 0.387. The Morgan fingerprint density at radius 3 is 2.53 bits per heavy atom. The molecule has 0 bridgehead atoms. The van der Waals surface area contributed by atoms with Crippen molar-refractivity contribution in [3.05, 3.63) is 68.7 Å². The van der Waals surface area contributed by atoms with Crippen molar-refractivity contribution in [3.63, 3.8) is 0 Å². The summed E-state index contributed by atoms with van der Waals surface area (Å²) in [6, 6.07) is 6.42. The summed E-state index contributed by atoms with van der Waals surface area (Å²) >= 11 is 5.86. The number of halogens is 5. The van der Waals surface area contributed by atoms with Crippen LogP contribution in [-0.2, 0) is 0 Å². The second-order valence-corrected chi connectivity index (χ2v) is 8.50. The number of aromatic nitrogens is 1. The number of H-pyrrole nitrogens is 1. The summed E-state index contributed by atoms with van der Waals surface area (Å²) in [5, 5.41) is 24.1. The lowest BCUT2D eigenvalue weighted by Gasteiger charge is -2.49. The third kappa shape index (κ3) is 3.14. The predicted molar refractivity (Wildman–Crippen MR) is 113 cm³/mol. The smallest absolute Gasteiger partial charge is 0.419 e. The van der Waals surface area contributed by atoms with Gasteiger partial charge in [-0.3, -0.25) is 4.79 Å². The van der Waals surface area contributed by atoms with Crippen molar-refractivity contribution in [3.8, 4) is 5.75 Å². The molecule has 4 atom stereocenters. The summed E-state index contributed by atoms with van der Waals surface area (Å²) in [6.07, 6.45) is -5.08. The van der Waals surface area contributed by atoms with Crippen LogP contribution in [-0.4, -0.2) is 27.0 Å². The number of aromatic amines is 1. The second-order valence-electron chi connectivity index (χ2n) is 8.09. The number of anilines is 1. The van der Waals surface area contributed by atoms with Gasteiger partial charge in [-0.1, -0.05) is 31.5 Å².